The minimum atomic E-state index is -0.866. The van der Waals surface area contributed by atoms with Gasteiger partial charge in [-0.25, -0.2) is 0 Å². The molecule has 1 aliphatic heterocycles. The molecule has 182 valence electrons. The first-order valence-corrected chi connectivity index (χ1v) is 13.3. The lowest BCUT2D eigenvalue weighted by Crippen LogP contribution is -2.58. The van der Waals surface area contributed by atoms with Crippen LogP contribution in [-0.4, -0.2) is 46.9 Å². The number of nitrogens with one attached hydrogen (secondary N) is 2. The monoisotopic (exact) mass is 509 g/mol. The number of aldehydes is 1. The molecule has 7 nitrogen and oxygen atoms in total. The van der Waals surface area contributed by atoms with Crippen LogP contribution in [0.5, 0.6) is 0 Å². The third kappa shape index (κ3) is 6.23. The Balaban J connectivity index is 1.48. The van der Waals surface area contributed by atoms with Crippen LogP contribution in [0.2, 0.25) is 0 Å². The maximum absolute atomic E-state index is 12.6. The second-order valence-corrected chi connectivity index (χ2v) is 10.5. The molecule has 4 rings (SSSR count). The standard InChI is InChI=1S/C26H27N3O4S2/c30-18-26(14-21-4-3-12-35-21)17-27-22-5-1-2-6-23(22)29(26)15-19-7-9-20(10-8-19)28-24(31)16-34-13-11-25(32)33/h1-10,12,18,27H,11,13-17H2,(H,28,31)(H,32,33)/t26-/m1/s1. The number of thiophene rings is 1. The predicted octanol–water partition coefficient (Wildman–Crippen LogP) is 4.51. The van der Waals surface area contributed by atoms with Gasteiger partial charge in [-0.15, -0.1) is 11.3 Å². The molecule has 1 atom stereocenters. The molecule has 35 heavy (non-hydrogen) atoms. The number of carboxylic acids is 1. The average Bonchev–Trinajstić information content (AvgIpc) is 3.37. The number of aliphatic carboxylic acids is 1. The summed E-state index contributed by atoms with van der Waals surface area (Å²) in [7, 11) is 0. The number of benzene rings is 2. The SMILES string of the molecule is O=C[C@@]1(Cc2cccs2)CNc2ccccc2N1Cc1ccc(NC(=O)CSCCC(=O)O)cc1. The first-order chi connectivity index (χ1) is 17.0. The highest BCUT2D eigenvalue weighted by Gasteiger charge is 2.41. The van der Waals surface area contributed by atoms with Crippen LogP contribution in [0.3, 0.4) is 0 Å². The highest BCUT2D eigenvalue weighted by molar-refractivity contribution is 7.99. The number of thioether (sulfide) groups is 1. The Morgan fingerprint density at radius 1 is 1.14 bits per heavy atom. The van der Waals surface area contributed by atoms with Crippen molar-refractivity contribution in [3.05, 3.63) is 76.5 Å². The summed E-state index contributed by atoms with van der Waals surface area (Å²) in [5.74, 6) is -0.427. The number of nitrogens with zero attached hydrogens (tertiary/aromatic N) is 1. The second kappa shape index (κ2) is 11.4. The number of amides is 1. The zero-order chi connectivity index (χ0) is 24.7. The van der Waals surface area contributed by atoms with Crippen molar-refractivity contribution in [1.82, 2.24) is 0 Å². The van der Waals surface area contributed by atoms with E-state index < -0.39 is 11.5 Å². The lowest BCUT2D eigenvalue weighted by molar-refractivity contribution is -0.136. The van der Waals surface area contributed by atoms with Gasteiger partial charge in [0.1, 0.15) is 11.8 Å². The van der Waals surface area contributed by atoms with Gasteiger partial charge in [0.05, 0.1) is 23.5 Å². The fourth-order valence-electron chi connectivity index (χ4n) is 4.10. The molecule has 1 aromatic heterocycles. The van der Waals surface area contributed by atoms with E-state index in [2.05, 4.69) is 21.6 Å². The zero-order valence-electron chi connectivity index (χ0n) is 19.1. The number of fused-ring (bicyclic) bond motifs is 1. The van der Waals surface area contributed by atoms with Gasteiger partial charge in [0, 0.05) is 35.8 Å². The van der Waals surface area contributed by atoms with Crippen LogP contribution >= 0.6 is 23.1 Å². The van der Waals surface area contributed by atoms with Crippen molar-refractivity contribution in [2.75, 3.05) is 33.6 Å². The third-order valence-electron chi connectivity index (χ3n) is 5.87. The normalized spacial score (nSPS) is 16.7. The van der Waals surface area contributed by atoms with Crippen molar-refractivity contribution in [2.24, 2.45) is 0 Å². The molecule has 1 aliphatic rings. The summed E-state index contributed by atoms with van der Waals surface area (Å²) in [6, 6.07) is 19.7. The van der Waals surface area contributed by atoms with E-state index in [9.17, 15) is 14.4 Å². The Morgan fingerprint density at radius 2 is 1.94 bits per heavy atom. The van der Waals surface area contributed by atoms with E-state index in [0.29, 0.717) is 31.0 Å². The summed E-state index contributed by atoms with van der Waals surface area (Å²) < 4.78 is 0. The second-order valence-electron chi connectivity index (χ2n) is 8.38. The molecular formula is C26H27N3O4S2. The summed E-state index contributed by atoms with van der Waals surface area (Å²) in [5, 5.41) is 17.0. The number of hydrogen-bond acceptors (Lipinski definition) is 7. The molecule has 0 spiro atoms. The number of carbonyl (C=O) groups is 3. The van der Waals surface area contributed by atoms with Crippen molar-refractivity contribution < 1.29 is 19.5 Å². The van der Waals surface area contributed by atoms with Crippen molar-refractivity contribution in [3.8, 4) is 0 Å². The maximum Gasteiger partial charge on any atom is 0.304 e. The van der Waals surface area contributed by atoms with Gasteiger partial charge in [0.25, 0.3) is 0 Å². The van der Waals surface area contributed by atoms with Gasteiger partial charge < -0.3 is 25.4 Å². The van der Waals surface area contributed by atoms with E-state index in [4.69, 9.17) is 5.11 Å². The van der Waals surface area contributed by atoms with E-state index in [0.717, 1.165) is 28.1 Å². The van der Waals surface area contributed by atoms with Crippen LogP contribution < -0.4 is 15.5 Å². The number of hydrogen-bond donors (Lipinski definition) is 3. The van der Waals surface area contributed by atoms with Crippen LogP contribution in [0.25, 0.3) is 0 Å². The van der Waals surface area contributed by atoms with E-state index in [-0.39, 0.29) is 18.1 Å². The van der Waals surface area contributed by atoms with Crippen LogP contribution in [0.4, 0.5) is 17.1 Å². The van der Waals surface area contributed by atoms with E-state index in [1.54, 1.807) is 11.3 Å². The highest BCUT2D eigenvalue weighted by atomic mass is 32.2. The van der Waals surface area contributed by atoms with Crippen molar-refractivity contribution in [2.45, 2.75) is 24.9 Å². The maximum atomic E-state index is 12.6. The Hall–Kier alpha value is -3.30. The summed E-state index contributed by atoms with van der Waals surface area (Å²) in [6.07, 6.45) is 1.71. The van der Waals surface area contributed by atoms with Crippen LogP contribution in [0.1, 0.15) is 16.9 Å². The van der Waals surface area contributed by atoms with Crippen molar-refractivity contribution in [1.29, 1.82) is 0 Å². The van der Waals surface area contributed by atoms with Gasteiger partial charge >= 0.3 is 5.97 Å². The summed E-state index contributed by atoms with van der Waals surface area (Å²) in [4.78, 5) is 38.6. The van der Waals surface area contributed by atoms with Crippen LogP contribution in [0, 0.1) is 0 Å². The lowest BCUT2D eigenvalue weighted by atomic mass is 9.89. The summed E-state index contributed by atoms with van der Waals surface area (Å²) in [6.45, 7) is 1.06. The van der Waals surface area contributed by atoms with Crippen molar-refractivity contribution in [3.63, 3.8) is 0 Å². The highest BCUT2D eigenvalue weighted by Crippen LogP contribution is 2.38. The first-order valence-electron chi connectivity index (χ1n) is 11.3. The largest absolute Gasteiger partial charge is 0.481 e. The van der Waals surface area contributed by atoms with Gasteiger partial charge in [0.15, 0.2) is 0 Å². The zero-order valence-corrected chi connectivity index (χ0v) is 20.7. The topological polar surface area (TPSA) is 98.7 Å². The van der Waals surface area contributed by atoms with Crippen LogP contribution in [0.15, 0.2) is 66.0 Å². The molecule has 3 N–H and O–H groups in total. The molecule has 0 fully saturated rings. The predicted molar refractivity (Wildman–Crippen MR) is 143 cm³/mol. The quantitative estimate of drug-likeness (QED) is 0.258. The molecule has 1 amide bonds. The molecule has 0 saturated carbocycles. The summed E-state index contributed by atoms with van der Waals surface area (Å²) >= 11 is 2.95. The fraction of sp³-hybridized carbons (Fsp3) is 0.269. The molecule has 0 saturated heterocycles. The molecule has 0 radical (unpaired) electrons. The van der Waals surface area contributed by atoms with Crippen molar-refractivity contribution >= 4 is 58.3 Å². The first kappa shape index (κ1) is 24.8. The molecule has 3 aromatic rings. The smallest absolute Gasteiger partial charge is 0.304 e. The Kier molecular flexibility index (Phi) is 8.09. The number of carboxylic acid groups (broad SMARTS) is 1. The lowest BCUT2D eigenvalue weighted by Gasteiger charge is -2.46. The Morgan fingerprint density at radius 3 is 2.66 bits per heavy atom. The number of rotatable bonds is 11. The molecule has 0 unspecified atom stereocenters. The van der Waals surface area contributed by atoms with Crippen LogP contribution in [-0.2, 0) is 27.3 Å². The van der Waals surface area contributed by atoms with Gasteiger partial charge in [-0.3, -0.25) is 9.59 Å². The number of para-hydroxylation sites is 2. The third-order valence-corrected chi connectivity index (χ3v) is 7.70. The number of carbonyl (C=O) groups excluding carboxylic acids is 2. The van der Waals surface area contributed by atoms with Gasteiger partial charge in [-0.1, -0.05) is 30.3 Å². The van der Waals surface area contributed by atoms with E-state index in [1.165, 1.54) is 11.8 Å². The van der Waals surface area contributed by atoms with E-state index >= 15 is 0 Å². The Bertz CT molecular complexity index is 1170. The van der Waals surface area contributed by atoms with Gasteiger partial charge in [0.2, 0.25) is 5.91 Å². The molecule has 0 bridgehead atoms. The minimum Gasteiger partial charge on any atom is -0.481 e. The average molecular weight is 510 g/mol. The number of anilines is 3. The summed E-state index contributed by atoms with van der Waals surface area (Å²) in [5.41, 5.74) is 2.96. The fourth-order valence-corrected chi connectivity index (χ4v) is 5.65. The molecule has 2 heterocycles. The van der Waals surface area contributed by atoms with Gasteiger partial charge in [-0.2, -0.15) is 11.8 Å². The molecular weight excluding hydrogens is 482 g/mol. The van der Waals surface area contributed by atoms with Gasteiger partial charge in [-0.05, 0) is 41.3 Å². The molecule has 9 heteroatoms. The van der Waals surface area contributed by atoms with E-state index in [1.807, 2.05) is 60.0 Å². The Labute approximate surface area is 212 Å². The molecule has 2 aromatic carbocycles. The minimum absolute atomic E-state index is 0.0383. The molecule has 0 aliphatic carbocycles.